The zero-order chi connectivity index (χ0) is 9.84. The van der Waals surface area contributed by atoms with Crippen molar-refractivity contribution >= 4 is 38.1 Å². The second-order valence-electron chi connectivity index (χ2n) is 2.56. The van der Waals surface area contributed by atoms with Crippen LogP contribution < -0.4 is 5.43 Å². The van der Waals surface area contributed by atoms with Crippen molar-refractivity contribution in [3.63, 3.8) is 0 Å². The molecule has 1 rings (SSSR count). The predicted molar refractivity (Wildman–Crippen MR) is 63.2 cm³/mol. The van der Waals surface area contributed by atoms with Crippen molar-refractivity contribution in [1.82, 2.24) is 5.43 Å². The summed E-state index contributed by atoms with van der Waals surface area (Å²) >= 11 is 6.97. The summed E-state index contributed by atoms with van der Waals surface area (Å²) in [5.41, 5.74) is 4.96. The van der Waals surface area contributed by atoms with Gasteiger partial charge in [0.25, 0.3) is 0 Å². The lowest BCUT2D eigenvalue weighted by Gasteiger charge is -2.04. The van der Waals surface area contributed by atoms with Gasteiger partial charge in [0.2, 0.25) is 0 Å². The van der Waals surface area contributed by atoms with Crippen LogP contribution in [-0.2, 0) is 0 Å². The molecule has 4 heteroatoms. The quantitative estimate of drug-likeness (QED) is 0.659. The van der Waals surface area contributed by atoms with E-state index in [2.05, 4.69) is 42.4 Å². The molecule has 0 fully saturated rings. The van der Waals surface area contributed by atoms with Crippen LogP contribution in [0.2, 0.25) is 0 Å². The fourth-order valence-electron chi connectivity index (χ4n) is 0.916. The summed E-state index contributed by atoms with van der Waals surface area (Å²) in [5.74, 6) is 0. The summed E-state index contributed by atoms with van der Waals surface area (Å²) in [7, 11) is 1.77. The van der Waals surface area contributed by atoms with Gasteiger partial charge in [0.1, 0.15) is 0 Å². The molecule has 1 aromatic carbocycles. The minimum absolute atomic E-state index is 1.06. The highest BCUT2D eigenvalue weighted by Crippen LogP contribution is 2.26. The van der Waals surface area contributed by atoms with E-state index < -0.39 is 0 Å². The highest BCUT2D eigenvalue weighted by molar-refractivity contribution is 9.11. The second kappa shape index (κ2) is 4.77. The molecule has 0 unspecified atom stereocenters. The Balaban J connectivity index is 3.11. The Morgan fingerprint density at radius 2 is 2.08 bits per heavy atom. The molecule has 70 valence electrons. The Morgan fingerprint density at radius 3 is 2.69 bits per heavy atom. The zero-order valence-electron chi connectivity index (χ0n) is 7.44. The van der Waals surface area contributed by atoms with Gasteiger partial charge in [-0.3, -0.25) is 0 Å². The molecule has 0 amide bonds. The van der Waals surface area contributed by atoms with Crippen molar-refractivity contribution in [1.29, 1.82) is 0 Å². The first-order chi connectivity index (χ1) is 6.16. The lowest BCUT2D eigenvalue weighted by atomic mass is 10.1. The Hall–Kier alpha value is -0.350. The molecule has 1 N–H and O–H groups in total. The molecular formula is C9H10Br2N2. The van der Waals surface area contributed by atoms with E-state index in [4.69, 9.17) is 0 Å². The number of benzene rings is 1. The number of rotatable bonds is 2. The van der Waals surface area contributed by atoms with Crippen molar-refractivity contribution in [2.45, 2.75) is 6.92 Å². The van der Waals surface area contributed by atoms with Crippen LogP contribution in [0.15, 0.2) is 26.2 Å². The summed E-state index contributed by atoms with van der Waals surface area (Å²) < 4.78 is 2.17. The van der Waals surface area contributed by atoms with Crippen molar-refractivity contribution in [3.05, 3.63) is 32.2 Å². The average molecular weight is 306 g/mol. The molecule has 0 saturated heterocycles. The third-order valence-electron chi connectivity index (χ3n) is 1.68. The Kier molecular flexibility index (Phi) is 3.93. The van der Waals surface area contributed by atoms with Gasteiger partial charge < -0.3 is 5.43 Å². The van der Waals surface area contributed by atoms with Crippen LogP contribution in [0, 0.1) is 6.92 Å². The van der Waals surface area contributed by atoms with E-state index in [0.29, 0.717) is 0 Å². The molecule has 0 aliphatic heterocycles. The van der Waals surface area contributed by atoms with Gasteiger partial charge in [-0.25, -0.2) is 0 Å². The predicted octanol–water partition coefficient (Wildman–Crippen LogP) is 3.07. The van der Waals surface area contributed by atoms with Crippen molar-refractivity contribution in [2.24, 2.45) is 5.10 Å². The molecule has 0 spiro atoms. The molecule has 0 aliphatic rings. The first kappa shape index (κ1) is 10.7. The van der Waals surface area contributed by atoms with Crippen LogP contribution in [0.3, 0.4) is 0 Å². The van der Waals surface area contributed by atoms with Gasteiger partial charge in [-0.05, 0) is 34.5 Å². The largest absolute Gasteiger partial charge is 0.313 e. The molecule has 0 heterocycles. The standard InChI is InChI=1S/C9H10Br2N2/c1-6-8(10)4-3-7(9(6)11)5-13-12-2/h3-5,12H,1-2H3/b13-5-. The molecule has 0 radical (unpaired) electrons. The first-order valence-corrected chi connectivity index (χ1v) is 5.40. The van der Waals surface area contributed by atoms with E-state index in [1.165, 1.54) is 5.56 Å². The van der Waals surface area contributed by atoms with E-state index in [1.807, 2.05) is 19.1 Å². The van der Waals surface area contributed by atoms with Crippen LogP contribution >= 0.6 is 31.9 Å². The smallest absolute Gasteiger partial charge is 0.0551 e. The fraction of sp³-hybridized carbons (Fsp3) is 0.222. The number of hydrogen-bond donors (Lipinski definition) is 1. The van der Waals surface area contributed by atoms with Crippen LogP contribution in [-0.4, -0.2) is 13.3 Å². The molecule has 0 bridgehead atoms. The number of halogens is 2. The molecule has 2 nitrogen and oxygen atoms in total. The zero-order valence-corrected chi connectivity index (χ0v) is 10.6. The van der Waals surface area contributed by atoms with Crippen LogP contribution in [0.5, 0.6) is 0 Å². The summed E-state index contributed by atoms with van der Waals surface area (Å²) in [5, 5.41) is 3.95. The first-order valence-electron chi connectivity index (χ1n) is 3.81. The van der Waals surface area contributed by atoms with Crippen LogP contribution in [0.4, 0.5) is 0 Å². The van der Waals surface area contributed by atoms with Crippen LogP contribution in [0.1, 0.15) is 11.1 Å². The highest BCUT2D eigenvalue weighted by Gasteiger charge is 2.03. The monoisotopic (exact) mass is 304 g/mol. The van der Waals surface area contributed by atoms with Gasteiger partial charge >= 0.3 is 0 Å². The molecule has 13 heavy (non-hydrogen) atoms. The molecule has 0 atom stereocenters. The minimum Gasteiger partial charge on any atom is -0.313 e. The number of nitrogens with one attached hydrogen (secondary N) is 1. The van der Waals surface area contributed by atoms with E-state index in [1.54, 1.807) is 13.3 Å². The maximum absolute atomic E-state index is 3.95. The molecule has 0 saturated carbocycles. The summed E-state index contributed by atoms with van der Waals surface area (Å²) in [6.07, 6.45) is 1.78. The van der Waals surface area contributed by atoms with E-state index in [0.717, 1.165) is 14.5 Å². The molecular weight excluding hydrogens is 296 g/mol. The molecule has 0 aliphatic carbocycles. The average Bonchev–Trinajstić information content (AvgIpc) is 2.13. The van der Waals surface area contributed by atoms with Crippen molar-refractivity contribution < 1.29 is 0 Å². The van der Waals surface area contributed by atoms with Gasteiger partial charge in [-0.15, -0.1) is 0 Å². The second-order valence-corrected chi connectivity index (χ2v) is 4.20. The third-order valence-corrected chi connectivity index (χ3v) is 3.59. The lowest BCUT2D eigenvalue weighted by molar-refractivity contribution is 0.908. The van der Waals surface area contributed by atoms with E-state index >= 15 is 0 Å². The van der Waals surface area contributed by atoms with Gasteiger partial charge in [-0.2, -0.15) is 5.10 Å². The number of nitrogens with zero attached hydrogens (tertiary/aromatic N) is 1. The van der Waals surface area contributed by atoms with Crippen LogP contribution in [0.25, 0.3) is 0 Å². The lowest BCUT2D eigenvalue weighted by Crippen LogP contribution is -1.96. The molecule has 1 aromatic rings. The summed E-state index contributed by atoms with van der Waals surface area (Å²) in [6, 6.07) is 4.01. The maximum Gasteiger partial charge on any atom is 0.0551 e. The fourth-order valence-corrected chi connectivity index (χ4v) is 1.96. The number of hydrogen-bond acceptors (Lipinski definition) is 2. The van der Waals surface area contributed by atoms with Crippen molar-refractivity contribution in [3.8, 4) is 0 Å². The van der Waals surface area contributed by atoms with Crippen molar-refractivity contribution in [2.75, 3.05) is 7.05 Å². The maximum atomic E-state index is 3.95. The normalized spacial score (nSPS) is 10.8. The van der Waals surface area contributed by atoms with E-state index in [9.17, 15) is 0 Å². The molecule has 0 aromatic heterocycles. The SMILES string of the molecule is CN/N=C\c1ccc(Br)c(C)c1Br. The van der Waals surface area contributed by atoms with E-state index in [-0.39, 0.29) is 0 Å². The Bertz CT molecular complexity index is 335. The van der Waals surface area contributed by atoms with Gasteiger partial charge in [0.05, 0.1) is 6.21 Å². The van der Waals surface area contributed by atoms with Gasteiger partial charge in [0, 0.05) is 21.6 Å². The third kappa shape index (κ3) is 2.54. The highest BCUT2D eigenvalue weighted by atomic mass is 79.9. The number of hydrazone groups is 1. The Morgan fingerprint density at radius 1 is 1.38 bits per heavy atom. The minimum atomic E-state index is 1.06. The summed E-state index contributed by atoms with van der Waals surface area (Å²) in [6.45, 7) is 2.05. The van der Waals surface area contributed by atoms with Gasteiger partial charge in [0.15, 0.2) is 0 Å². The van der Waals surface area contributed by atoms with Gasteiger partial charge in [-0.1, -0.05) is 22.0 Å². The topological polar surface area (TPSA) is 24.4 Å². The Labute approximate surface area is 94.7 Å². The summed E-state index contributed by atoms with van der Waals surface area (Å²) in [4.78, 5) is 0.